The zero-order valence-corrected chi connectivity index (χ0v) is 14.5. The van der Waals surface area contributed by atoms with Crippen LogP contribution >= 0.6 is 11.6 Å². The molecule has 5 nitrogen and oxygen atoms in total. The second-order valence-electron chi connectivity index (χ2n) is 6.52. The summed E-state index contributed by atoms with van der Waals surface area (Å²) in [7, 11) is 1.61. The molecule has 1 aromatic carbocycles. The van der Waals surface area contributed by atoms with Gasteiger partial charge in [0.05, 0.1) is 13.2 Å². The highest BCUT2D eigenvalue weighted by atomic mass is 35.5. The zero-order chi connectivity index (χ0) is 16.7. The Kier molecular flexibility index (Phi) is 3.95. The average molecular weight is 347 g/mol. The van der Waals surface area contributed by atoms with Gasteiger partial charge in [0.25, 0.3) is 0 Å². The fourth-order valence-corrected chi connectivity index (χ4v) is 3.56. The molecule has 126 valence electrons. The molecule has 1 aliphatic carbocycles. The van der Waals surface area contributed by atoms with E-state index in [1.807, 2.05) is 19.1 Å². The lowest BCUT2D eigenvalue weighted by atomic mass is 9.87. The molecule has 0 amide bonds. The van der Waals surface area contributed by atoms with Gasteiger partial charge < -0.3 is 14.2 Å². The minimum absolute atomic E-state index is 0.0336. The SMILES string of the molecule is COCOc1cc(C)ccc1-c1nnc(Cl)c2c1C1(CC1)COC2. The van der Waals surface area contributed by atoms with Crippen molar-refractivity contribution in [3.8, 4) is 17.0 Å². The lowest BCUT2D eigenvalue weighted by Crippen LogP contribution is -2.25. The quantitative estimate of drug-likeness (QED) is 0.791. The second kappa shape index (κ2) is 5.99. The fraction of sp³-hybridized carbons (Fsp3) is 0.444. The average Bonchev–Trinajstić information content (AvgIpc) is 3.34. The molecule has 1 spiro atoms. The maximum Gasteiger partial charge on any atom is 0.188 e. The van der Waals surface area contributed by atoms with Crippen molar-refractivity contribution in [1.82, 2.24) is 10.2 Å². The number of methoxy groups -OCH3 is 1. The van der Waals surface area contributed by atoms with E-state index >= 15 is 0 Å². The molecule has 1 aliphatic heterocycles. The molecule has 6 heteroatoms. The van der Waals surface area contributed by atoms with Gasteiger partial charge in [0.1, 0.15) is 11.4 Å². The van der Waals surface area contributed by atoms with Gasteiger partial charge in [-0.15, -0.1) is 10.2 Å². The number of hydrogen-bond donors (Lipinski definition) is 0. The van der Waals surface area contributed by atoms with Crippen LogP contribution in [0.5, 0.6) is 5.75 Å². The lowest BCUT2D eigenvalue weighted by Gasteiger charge is -2.28. The maximum absolute atomic E-state index is 6.30. The summed E-state index contributed by atoms with van der Waals surface area (Å²) in [5.41, 5.74) is 5.06. The Bertz CT molecular complexity index is 790. The number of rotatable bonds is 4. The molecule has 0 atom stereocenters. The third-order valence-electron chi connectivity index (χ3n) is 4.76. The van der Waals surface area contributed by atoms with Gasteiger partial charge in [-0.05, 0) is 43.0 Å². The Morgan fingerprint density at radius 3 is 2.88 bits per heavy atom. The molecule has 24 heavy (non-hydrogen) atoms. The Morgan fingerprint density at radius 1 is 1.29 bits per heavy atom. The molecule has 2 aromatic rings. The summed E-state index contributed by atoms with van der Waals surface area (Å²) in [6.45, 7) is 3.42. The molecule has 0 saturated heterocycles. The summed E-state index contributed by atoms with van der Waals surface area (Å²) >= 11 is 6.30. The second-order valence-corrected chi connectivity index (χ2v) is 6.87. The number of benzene rings is 1. The van der Waals surface area contributed by atoms with Crippen LogP contribution in [0, 0.1) is 6.92 Å². The molecular weight excluding hydrogens is 328 g/mol. The molecular formula is C18H19ClN2O3. The van der Waals surface area contributed by atoms with Gasteiger partial charge >= 0.3 is 0 Å². The highest BCUT2D eigenvalue weighted by Gasteiger charge is 2.50. The first-order valence-corrected chi connectivity index (χ1v) is 8.38. The molecule has 1 aromatic heterocycles. The zero-order valence-electron chi connectivity index (χ0n) is 13.8. The first-order valence-electron chi connectivity index (χ1n) is 8.01. The minimum Gasteiger partial charge on any atom is -0.467 e. The standard InChI is InChI=1S/C18H19ClN2O3/c1-11-3-4-12(14(7-11)24-10-22-2)16-15-13(17(19)21-20-16)8-23-9-18(15)5-6-18/h3-4,7H,5-6,8-10H2,1-2H3. The molecule has 1 fully saturated rings. The van der Waals surface area contributed by atoms with E-state index in [0.29, 0.717) is 11.8 Å². The van der Waals surface area contributed by atoms with Gasteiger partial charge in [-0.25, -0.2) is 0 Å². The van der Waals surface area contributed by atoms with E-state index in [1.165, 1.54) is 5.56 Å². The van der Waals surface area contributed by atoms with Gasteiger partial charge in [-0.1, -0.05) is 17.7 Å². The Hall–Kier alpha value is -1.69. The molecule has 1 saturated carbocycles. The van der Waals surface area contributed by atoms with Crippen molar-refractivity contribution in [3.05, 3.63) is 40.0 Å². The Morgan fingerprint density at radius 2 is 2.12 bits per heavy atom. The summed E-state index contributed by atoms with van der Waals surface area (Å²) < 4.78 is 16.6. The van der Waals surface area contributed by atoms with Crippen LogP contribution in [0.25, 0.3) is 11.3 Å². The summed E-state index contributed by atoms with van der Waals surface area (Å²) in [4.78, 5) is 0. The highest BCUT2D eigenvalue weighted by Crippen LogP contribution is 2.55. The molecule has 2 heterocycles. The number of hydrogen-bond acceptors (Lipinski definition) is 5. The normalized spacial score (nSPS) is 17.6. The van der Waals surface area contributed by atoms with Crippen LogP contribution in [0.2, 0.25) is 5.15 Å². The van der Waals surface area contributed by atoms with Crippen LogP contribution in [0.3, 0.4) is 0 Å². The number of nitrogens with zero attached hydrogens (tertiary/aromatic N) is 2. The van der Waals surface area contributed by atoms with Crippen molar-refractivity contribution in [1.29, 1.82) is 0 Å². The van der Waals surface area contributed by atoms with E-state index in [0.717, 1.165) is 47.6 Å². The summed E-state index contributed by atoms with van der Waals surface area (Å²) in [5.74, 6) is 0.748. The van der Waals surface area contributed by atoms with Crippen molar-refractivity contribution in [2.24, 2.45) is 0 Å². The first kappa shape index (κ1) is 15.8. The van der Waals surface area contributed by atoms with Crippen LogP contribution in [-0.4, -0.2) is 30.7 Å². The van der Waals surface area contributed by atoms with Crippen molar-refractivity contribution in [3.63, 3.8) is 0 Å². The fourth-order valence-electron chi connectivity index (χ4n) is 3.37. The van der Waals surface area contributed by atoms with Gasteiger partial charge in [0.15, 0.2) is 11.9 Å². The number of fused-ring (bicyclic) bond motifs is 2. The van der Waals surface area contributed by atoms with Gasteiger partial charge in [-0.2, -0.15) is 0 Å². The minimum atomic E-state index is 0.0336. The van der Waals surface area contributed by atoms with E-state index < -0.39 is 0 Å². The Labute approximate surface area is 145 Å². The number of aromatic nitrogens is 2. The topological polar surface area (TPSA) is 53.5 Å². The summed E-state index contributed by atoms with van der Waals surface area (Å²) in [6, 6.07) is 6.08. The predicted molar refractivity (Wildman–Crippen MR) is 90.3 cm³/mol. The smallest absolute Gasteiger partial charge is 0.188 e. The van der Waals surface area contributed by atoms with Crippen LogP contribution < -0.4 is 4.74 Å². The maximum atomic E-state index is 6.30. The van der Waals surface area contributed by atoms with Crippen LogP contribution in [0.1, 0.15) is 29.5 Å². The van der Waals surface area contributed by atoms with Crippen LogP contribution in [0.4, 0.5) is 0 Å². The number of aryl methyl sites for hydroxylation is 1. The third kappa shape index (κ3) is 2.57. The highest BCUT2D eigenvalue weighted by molar-refractivity contribution is 6.30. The van der Waals surface area contributed by atoms with Crippen molar-refractivity contribution in [2.75, 3.05) is 20.5 Å². The predicted octanol–water partition coefficient (Wildman–Crippen LogP) is 3.65. The van der Waals surface area contributed by atoms with Crippen molar-refractivity contribution < 1.29 is 14.2 Å². The van der Waals surface area contributed by atoms with Gasteiger partial charge in [0, 0.05) is 23.7 Å². The molecule has 0 N–H and O–H groups in total. The number of ether oxygens (including phenoxy) is 3. The van der Waals surface area contributed by atoms with Gasteiger partial charge in [0.2, 0.25) is 0 Å². The molecule has 0 radical (unpaired) electrons. The molecule has 2 aliphatic rings. The molecule has 0 unspecified atom stereocenters. The van der Waals surface area contributed by atoms with E-state index in [1.54, 1.807) is 7.11 Å². The van der Waals surface area contributed by atoms with E-state index in [4.69, 9.17) is 25.8 Å². The molecule has 4 rings (SSSR count). The monoisotopic (exact) mass is 346 g/mol. The van der Waals surface area contributed by atoms with E-state index in [2.05, 4.69) is 16.3 Å². The lowest BCUT2D eigenvalue weighted by molar-refractivity contribution is 0.0514. The van der Waals surface area contributed by atoms with E-state index in [9.17, 15) is 0 Å². The van der Waals surface area contributed by atoms with Gasteiger partial charge in [-0.3, -0.25) is 0 Å². The largest absolute Gasteiger partial charge is 0.467 e. The molecule has 0 bridgehead atoms. The summed E-state index contributed by atoms with van der Waals surface area (Å²) in [6.07, 6.45) is 2.18. The van der Waals surface area contributed by atoms with E-state index in [-0.39, 0.29) is 12.2 Å². The summed E-state index contributed by atoms with van der Waals surface area (Å²) in [5, 5.41) is 9.03. The van der Waals surface area contributed by atoms with Crippen LogP contribution in [-0.2, 0) is 21.5 Å². The Balaban J connectivity index is 1.89. The first-order chi connectivity index (χ1) is 11.6. The van der Waals surface area contributed by atoms with Crippen LogP contribution in [0.15, 0.2) is 18.2 Å². The number of halogens is 1. The third-order valence-corrected chi connectivity index (χ3v) is 5.06. The van der Waals surface area contributed by atoms with Crippen molar-refractivity contribution in [2.45, 2.75) is 31.8 Å². The van der Waals surface area contributed by atoms with Crippen molar-refractivity contribution >= 4 is 11.6 Å².